The van der Waals surface area contributed by atoms with Crippen LogP contribution in [0.1, 0.15) is 37.8 Å². The zero-order valence-corrected chi connectivity index (χ0v) is 16.8. The summed E-state index contributed by atoms with van der Waals surface area (Å²) in [5.41, 5.74) is 1.66. The Labute approximate surface area is 161 Å². The Hall–Kier alpha value is -2.34. The van der Waals surface area contributed by atoms with Crippen LogP contribution in [0.2, 0.25) is 0 Å². The van der Waals surface area contributed by atoms with Crippen molar-refractivity contribution in [3.8, 4) is 0 Å². The lowest BCUT2D eigenvalue weighted by Crippen LogP contribution is -2.36. The first-order chi connectivity index (χ1) is 12.7. The molecule has 1 amide bonds. The minimum Gasteiger partial charge on any atom is -0.355 e. The highest BCUT2D eigenvalue weighted by molar-refractivity contribution is 7.92. The van der Waals surface area contributed by atoms with E-state index < -0.39 is 15.4 Å². The molecule has 0 radical (unpaired) electrons. The number of benzene rings is 2. The van der Waals surface area contributed by atoms with E-state index in [9.17, 15) is 13.2 Å². The molecule has 27 heavy (non-hydrogen) atoms. The standard InChI is InChI=1S/C21H26N2O3S/c1-15(2)14-22-20(24)21(12-13-21)17-8-10-18(11-9-17)23-27(25,26)19-7-5-4-6-16(19)3/h4-11,15,23H,12-14H2,1-3H3,(H,22,24). The number of nitrogens with one attached hydrogen (secondary N) is 2. The Morgan fingerprint density at radius 1 is 1.07 bits per heavy atom. The zero-order valence-electron chi connectivity index (χ0n) is 16.0. The van der Waals surface area contributed by atoms with E-state index in [1.807, 2.05) is 18.2 Å². The predicted molar refractivity (Wildman–Crippen MR) is 107 cm³/mol. The smallest absolute Gasteiger partial charge is 0.262 e. The summed E-state index contributed by atoms with van der Waals surface area (Å²) >= 11 is 0. The fraction of sp³-hybridized carbons (Fsp3) is 0.381. The van der Waals surface area contributed by atoms with Gasteiger partial charge in [-0.1, -0.05) is 44.2 Å². The molecule has 2 aromatic rings. The Kier molecular flexibility index (Phi) is 5.29. The minimum absolute atomic E-state index is 0.0597. The van der Waals surface area contributed by atoms with Crippen molar-refractivity contribution in [3.63, 3.8) is 0 Å². The molecule has 6 heteroatoms. The van der Waals surface area contributed by atoms with Crippen LogP contribution < -0.4 is 10.0 Å². The van der Waals surface area contributed by atoms with Crippen molar-refractivity contribution in [3.05, 3.63) is 59.7 Å². The van der Waals surface area contributed by atoms with Crippen molar-refractivity contribution in [1.29, 1.82) is 0 Å². The van der Waals surface area contributed by atoms with Gasteiger partial charge in [-0.15, -0.1) is 0 Å². The van der Waals surface area contributed by atoms with Crippen LogP contribution in [0, 0.1) is 12.8 Å². The summed E-state index contributed by atoms with van der Waals surface area (Å²) in [6.45, 7) is 6.56. The Bertz CT molecular complexity index is 930. The molecule has 3 rings (SSSR count). The molecule has 1 saturated carbocycles. The molecule has 0 heterocycles. The molecular weight excluding hydrogens is 360 g/mol. The Morgan fingerprint density at radius 2 is 1.70 bits per heavy atom. The van der Waals surface area contributed by atoms with Gasteiger partial charge in [0.25, 0.3) is 10.0 Å². The molecule has 0 saturated heterocycles. The van der Waals surface area contributed by atoms with Crippen molar-refractivity contribution in [2.75, 3.05) is 11.3 Å². The first kappa shape index (κ1) is 19.4. The lowest BCUT2D eigenvalue weighted by Gasteiger charge is -2.17. The number of sulfonamides is 1. The zero-order chi connectivity index (χ0) is 19.7. The lowest BCUT2D eigenvalue weighted by atomic mass is 9.94. The highest BCUT2D eigenvalue weighted by Crippen LogP contribution is 2.48. The van der Waals surface area contributed by atoms with Gasteiger partial charge in [-0.25, -0.2) is 8.42 Å². The van der Waals surface area contributed by atoms with Crippen molar-refractivity contribution in [2.24, 2.45) is 5.92 Å². The van der Waals surface area contributed by atoms with Crippen LogP contribution in [0.15, 0.2) is 53.4 Å². The van der Waals surface area contributed by atoms with Crippen LogP contribution >= 0.6 is 0 Å². The molecule has 0 spiro atoms. The molecule has 1 aliphatic rings. The van der Waals surface area contributed by atoms with Crippen LogP contribution in [-0.4, -0.2) is 20.9 Å². The summed E-state index contributed by atoms with van der Waals surface area (Å²) in [7, 11) is -3.64. The molecule has 5 nitrogen and oxygen atoms in total. The number of carbonyl (C=O) groups excluding carboxylic acids is 1. The Morgan fingerprint density at radius 3 is 2.26 bits per heavy atom. The summed E-state index contributed by atoms with van der Waals surface area (Å²) in [5, 5.41) is 3.01. The molecule has 0 unspecified atom stereocenters. The minimum atomic E-state index is -3.64. The van der Waals surface area contributed by atoms with Gasteiger partial charge in [0.1, 0.15) is 0 Å². The first-order valence-corrected chi connectivity index (χ1v) is 10.7. The van der Waals surface area contributed by atoms with E-state index in [-0.39, 0.29) is 10.8 Å². The molecule has 1 aliphatic carbocycles. The van der Waals surface area contributed by atoms with E-state index in [1.165, 1.54) is 0 Å². The molecule has 2 aromatic carbocycles. The quantitative estimate of drug-likeness (QED) is 0.763. The molecule has 0 aromatic heterocycles. The van der Waals surface area contributed by atoms with Crippen LogP contribution in [0.25, 0.3) is 0 Å². The fourth-order valence-corrected chi connectivity index (χ4v) is 4.47. The maximum Gasteiger partial charge on any atom is 0.262 e. The highest BCUT2D eigenvalue weighted by atomic mass is 32.2. The van der Waals surface area contributed by atoms with Crippen LogP contribution in [0.3, 0.4) is 0 Å². The van der Waals surface area contributed by atoms with E-state index in [2.05, 4.69) is 23.9 Å². The van der Waals surface area contributed by atoms with Gasteiger partial charge in [0.2, 0.25) is 5.91 Å². The second-order valence-corrected chi connectivity index (χ2v) is 9.29. The van der Waals surface area contributed by atoms with E-state index in [1.54, 1.807) is 37.3 Å². The highest BCUT2D eigenvalue weighted by Gasteiger charge is 2.51. The predicted octanol–water partition coefficient (Wildman–Crippen LogP) is 3.60. The van der Waals surface area contributed by atoms with Crippen LogP contribution in [-0.2, 0) is 20.2 Å². The van der Waals surface area contributed by atoms with E-state index in [4.69, 9.17) is 0 Å². The number of rotatable bonds is 7. The number of hydrogen-bond donors (Lipinski definition) is 2. The second-order valence-electron chi connectivity index (χ2n) is 7.63. The molecule has 1 fully saturated rings. The van der Waals surface area contributed by atoms with Gasteiger partial charge in [-0.3, -0.25) is 9.52 Å². The SMILES string of the molecule is Cc1ccccc1S(=O)(=O)Nc1ccc(C2(C(=O)NCC(C)C)CC2)cc1. The normalized spacial score (nSPS) is 15.4. The van der Waals surface area contributed by atoms with E-state index in [0.717, 1.165) is 18.4 Å². The third kappa shape index (κ3) is 4.16. The van der Waals surface area contributed by atoms with Gasteiger partial charge in [0.15, 0.2) is 0 Å². The number of hydrogen-bond acceptors (Lipinski definition) is 3. The van der Waals surface area contributed by atoms with Gasteiger partial charge in [0.05, 0.1) is 10.3 Å². The largest absolute Gasteiger partial charge is 0.355 e. The first-order valence-electron chi connectivity index (χ1n) is 9.22. The van der Waals surface area contributed by atoms with Crippen molar-refractivity contribution < 1.29 is 13.2 Å². The van der Waals surface area contributed by atoms with E-state index >= 15 is 0 Å². The fourth-order valence-electron chi connectivity index (χ4n) is 3.16. The van der Waals surface area contributed by atoms with Crippen molar-refractivity contribution >= 4 is 21.6 Å². The topological polar surface area (TPSA) is 75.3 Å². The summed E-state index contributed by atoms with van der Waals surface area (Å²) in [5.74, 6) is 0.465. The average Bonchev–Trinajstić information content (AvgIpc) is 3.42. The van der Waals surface area contributed by atoms with Gasteiger partial charge >= 0.3 is 0 Å². The maximum atomic E-state index is 12.6. The van der Waals surface area contributed by atoms with Gasteiger partial charge in [0, 0.05) is 12.2 Å². The number of aryl methyl sites for hydroxylation is 1. The van der Waals surface area contributed by atoms with Gasteiger partial charge in [-0.05, 0) is 55.0 Å². The summed E-state index contributed by atoms with van der Waals surface area (Å²) in [6, 6.07) is 14.0. The van der Waals surface area contributed by atoms with Gasteiger partial charge in [-0.2, -0.15) is 0 Å². The van der Waals surface area contributed by atoms with Crippen molar-refractivity contribution in [1.82, 2.24) is 5.32 Å². The van der Waals surface area contributed by atoms with Gasteiger partial charge < -0.3 is 5.32 Å². The second kappa shape index (κ2) is 7.35. The summed E-state index contributed by atoms with van der Waals surface area (Å²) in [4.78, 5) is 12.8. The van der Waals surface area contributed by atoms with E-state index in [0.29, 0.717) is 23.7 Å². The number of amides is 1. The summed E-state index contributed by atoms with van der Waals surface area (Å²) in [6.07, 6.45) is 1.65. The third-order valence-electron chi connectivity index (χ3n) is 4.93. The lowest BCUT2D eigenvalue weighted by molar-refractivity contribution is -0.123. The maximum absolute atomic E-state index is 12.6. The average molecular weight is 387 g/mol. The van der Waals surface area contributed by atoms with Crippen LogP contribution in [0.4, 0.5) is 5.69 Å². The third-order valence-corrected chi connectivity index (χ3v) is 6.47. The Balaban J connectivity index is 1.74. The van der Waals surface area contributed by atoms with Crippen molar-refractivity contribution in [2.45, 2.75) is 43.9 Å². The number of carbonyl (C=O) groups is 1. The van der Waals surface area contributed by atoms with Crippen LogP contribution in [0.5, 0.6) is 0 Å². The summed E-state index contributed by atoms with van der Waals surface area (Å²) < 4.78 is 27.8. The molecule has 144 valence electrons. The molecule has 2 N–H and O–H groups in total. The molecule has 0 bridgehead atoms. The molecule has 0 atom stereocenters. The molecule has 0 aliphatic heterocycles. The monoisotopic (exact) mass is 386 g/mol. The number of anilines is 1. The molecular formula is C21H26N2O3S.